The lowest BCUT2D eigenvalue weighted by atomic mass is 9.79. The van der Waals surface area contributed by atoms with Crippen LogP contribution in [0.2, 0.25) is 0 Å². The van der Waals surface area contributed by atoms with Gasteiger partial charge in [-0.3, -0.25) is 4.79 Å². The summed E-state index contributed by atoms with van der Waals surface area (Å²) in [6, 6.07) is 10.7. The van der Waals surface area contributed by atoms with Crippen molar-refractivity contribution >= 4 is 5.91 Å². The number of carbonyl (C=O) groups excluding carboxylic acids is 1. The Kier molecular flexibility index (Phi) is 5.14. The minimum absolute atomic E-state index is 0.171. The molecule has 1 saturated carbocycles. The number of hydrogen-bond acceptors (Lipinski definition) is 2. The van der Waals surface area contributed by atoms with Crippen LogP contribution >= 0.6 is 0 Å². The average molecular weight is 300 g/mol. The number of carbonyl (C=O) groups is 1. The fraction of sp³-hybridized carbons (Fsp3) is 0.632. The number of hydrogen-bond donors (Lipinski definition) is 1. The van der Waals surface area contributed by atoms with Crippen LogP contribution in [0.5, 0.6) is 0 Å². The van der Waals surface area contributed by atoms with Gasteiger partial charge >= 0.3 is 0 Å². The van der Waals surface area contributed by atoms with E-state index in [4.69, 9.17) is 0 Å². The van der Waals surface area contributed by atoms with E-state index in [2.05, 4.69) is 40.5 Å². The lowest BCUT2D eigenvalue weighted by Gasteiger charge is -2.30. The maximum atomic E-state index is 12.2. The van der Waals surface area contributed by atoms with Gasteiger partial charge in [0.15, 0.2) is 0 Å². The molecule has 1 aliphatic heterocycles. The van der Waals surface area contributed by atoms with E-state index in [-0.39, 0.29) is 11.3 Å². The highest BCUT2D eigenvalue weighted by molar-refractivity contribution is 5.76. The quantitative estimate of drug-likeness (QED) is 0.875. The van der Waals surface area contributed by atoms with Crippen LogP contribution in [0.3, 0.4) is 0 Å². The second-order valence-corrected chi connectivity index (χ2v) is 6.93. The largest absolute Gasteiger partial charge is 0.355 e. The van der Waals surface area contributed by atoms with E-state index in [0.29, 0.717) is 6.42 Å². The zero-order chi connectivity index (χ0) is 15.3. The molecule has 3 heteroatoms. The van der Waals surface area contributed by atoms with Crippen LogP contribution in [0.4, 0.5) is 0 Å². The molecule has 2 fully saturated rings. The van der Waals surface area contributed by atoms with Gasteiger partial charge in [0.25, 0.3) is 0 Å². The van der Waals surface area contributed by atoms with Crippen molar-refractivity contribution in [3.63, 3.8) is 0 Å². The zero-order valence-electron chi connectivity index (χ0n) is 13.5. The Labute approximate surface area is 134 Å². The number of nitrogens with zero attached hydrogens (tertiary/aromatic N) is 1. The molecule has 1 N–H and O–H groups in total. The fourth-order valence-corrected chi connectivity index (χ4v) is 4.03. The van der Waals surface area contributed by atoms with E-state index in [1.165, 1.54) is 57.2 Å². The van der Waals surface area contributed by atoms with Gasteiger partial charge in [0.05, 0.1) is 0 Å². The van der Waals surface area contributed by atoms with Gasteiger partial charge in [0, 0.05) is 24.9 Å². The molecule has 0 unspecified atom stereocenters. The molecular formula is C19H28N2O. The maximum absolute atomic E-state index is 12.2. The lowest BCUT2D eigenvalue weighted by molar-refractivity contribution is -0.121. The van der Waals surface area contributed by atoms with Crippen molar-refractivity contribution in [3.05, 3.63) is 35.9 Å². The van der Waals surface area contributed by atoms with Crippen LogP contribution in [-0.4, -0.2) is 37.0 Å². The summed E-state index contributed by atoms with van der Waals surface area (Å²) in [5.74, 6) is 0.217. The first kappa shape index (κ1) is 15.5. The summed E-state index contributed by atoms with van der Waals surface area (Å²) in [7, 11) is 0. The molecular weight excluding hydrogens is 272 g/mol. The van der Waals surface area contributed by atoms with Crippen LogP contribution in [-0.2, 0) is 10.2 Å². The van der Waals surface area contributed by atoms with Crippen molar-refractivity contribution in [2.75, 3.05) is 26.2 Å². The van der Waals surface area contributed by atoms with Gasteiger partial charge in [0.1, 0.15) is 0 Å². The summed E-state index contributed by atoms with van der Waals surface area (Å²) in [6.45, 7) is 4.06. The first-order chi connectivity index (χ1) is 10.8. The molecule has 0 radical (unpaired) electrons. The normalized spacial score (nSPS) is 21.1. The first-order valence-electron chi connectivity index (χ1n) is 8.83. The summed E-state index contributed by atoms with van der Waals surface area (Å²) in [5.41, 5.74) is 1.57. The Morgan fingerprint density at radius 1 is 1.05 bits per heavy atom. The minimum atomic E-state index is 0.171. The minimum Gasteiger partial charge on any atom is -0.355 e. The van der Waals surface area contributed by atoms with E-state index in [0.717, 1.165) is 13.1 Å². The Morgan fingerprint density at radius 3 is 2.41 bits per heavy atom. The average Bonchev–Trinajstić information content (AvgIpc) is 3.24. The Balaban J connectivity index is 1.52. The Hall–Kier alpha value is -1.35. The number of nitrogens with one attached hydrogen (secondary N) is 1. The molecule has 1 saturated heterocycles. The number of amides is 1. The summed E-state index contributed by atoms with van der Waals surface area (Å²) in [5, 5.41) is 3.22. The molecule has 1 aromatic rings. The van der Waals surface area contributed by atoms with Gasteiger partial charge in [-0.15, -0.1) is 0 Å². The third kappa shape index (κ3) is 3.70. The molecule has 1 aliphatic carbocycles. The van der Waals surface area contributed by atoms with Crippen molar-refractivity contribution in [3.8, 4) is 0 Å². The second-order valence-electron chi connectivity index (χ2n) is 6.93. The molecule has 2 aliphatic rings. The van der Waals surface area contributed by atoms with Gasteiger partial charge in [-0.25, -0.2) is 0 Å². The molecule has 1 amide bonds. The molecule has 0 spiro atoms. The predicted octanol–water partition coefficient (Wildman–Crippen LogP) is 3.10. The molecule has 0 bridgehead atoms. The summed E-state index contributed by atoms with van der Waals surface area (Å²) in [4.78, 5) is 14.6. The molecule has 1 heterocycles. The highest BCUT2D eigenvalue weighted by Gasteiger charge is 2.35. The smallest absolute Gasteiger partial charge is 0.221 e. The molecule has 120 valence electrons. The standard InChI is InChI=1S/C19H28N2O/c22-18(10-15-21-13-6-7-14-21)20-16-19(11-4-5-12-19)17-8-2-1-3-9-17/h1-3,8-9H,4-7,10-16H2,(H,20,22). The summed E-state index contributed by atoms with van der Waals surface area (Å²) < 4.78 is 0. The van der Waals surface area contributed by atoms with Crippen LogP contribution in [0, 0.1) is 0 Å². The van der Waals surface area contributed by atoms with Crippen LogP contribution in [0.25, 0.3) is 0 Å². The van der Waals surface area contributed by atoms with E-state index in [1.807, 2.05) is 0 Å². The van der Waals surface area contributed by atoms with Gasteiger partial charge < -0.3 is 10.2 Å². The Morgan fingerprint density at radius 2 is 1.73 bits per heavy atom. The van der Waals surface area contributed by atoms with Crippen LogP contribution < -0.4 is 5.32 Å². The van der Waals surface area contributed by atoms with Crippen LogP contribution in [0.1, 0.15) is 50.5 Å². The van der Waals surface area contributed by atoms with Gasteiger partial charge in [0.2, 0.25) is 5.91 Å². The highest BCUT2D eigenvalue weighted by atomic mass is 16.1. The molecule has 3 nitrogen and oxygen atoms in total. The summed E-state index contributed by atoms with van der Waals surface area (Å²) in [6.07, 6.45) is 8.17. The van der Waals surface area contributed by atoms with E-state index in [1.54, 1.807) is 0 Å². The summed E-state index contributed by atoms with van der Waals surface area (Å²) >= 11 is 0. The zero-order valence-corrected chi connectivity index (χ0v) is 13.5. The Bertz CT molecular complexity index is 473. The van der Waals surface area contributed by atoms with Crippen molar-refractivity contribution < 1.29 is 4.79 Å². The first-order valence-corrected chi connectivity index (χ1v) is 8.83. The van der Waals surface area contributed by atoms with Crippen molar-refractivity contribution in [2.45, 2.75) is 50.4 Å². The van der Waals surface area contributed by atoms with Crippen molar-refractivity contribution in [1.29, 1.82) is 0 Å². The molecule has 0 atom stereocenters. The van der Waals surface area contributed by atoms with E-state index >= 15 is 0 Å². The predicted molar refractivity (Wildman–Crippen MR) is 89.9 cm³/mol. The third-order valence-corrected chi connectivity index (χ3v) is 5.42. The maximum Gasteiger partial charge on any atom is 0.221 e. The highest BCUT2D eigenvalue weighted by Crippen LogP contribution is 2.40. The second kappa shape index (κ2) is 7.28. The number of likely N-dealkylation sites (tertiary alicyclic amines) is 1. The lowest BCUT2D eigenvalue weighted by Crippen LogP contribution is -2.40. The number of benzene rings is 1. The topological polar surface area (TPSA) is 32.3 Å². The van der Waals surface area contributed by atoms with Gasteiger partial charge in [-0.2, -0.15) is 0 Å². The fourth-order valence-electron chi connectivity index (χ4n) is 4.03. The van der Waals surface area contributed by atoms with Gasteiger partial charge in [-0.05, 0) is 44.3 Å². The van der Waals surface area contributed by atoms with E-state index in [9.17, 15) is 4.79 Å². The van der Waals surface area contributed by atoms with Crippen LogP contribution in [0.15, 0.2) is 30.3 Å². The molecule has 3 rings (SSSR count). The van der Waals surface area contributed by atoms with Crippen molar-refractivity contribution in [1.82, 2.24) is 10.2 Å². The van der Waals surface area contributed by atoms with Gasteiger partial charge in [-0.1, -0.05) is 43.2 Å². The van der Waals surface area contributed by atoms with E-state index < -0.39 is 0 Å². The molecule has 1 aromatic carbocycles. The monoisotopic (exact) mass is 300 g/mol. The molecule has 0 aromatic heterocycles. The molecule has 22 heavy (non-hydrogen) atoms. The van der Waals surface area contributed by atoms with Crippen molar-refractivity contribution in [2.24, 2.45) is 0 Å². The third-order valence-electron chi connectivity index (χ3n) is 5.42. The SMILES string of the molecule is O=C(CCN1CCCC1)NCC1(c2ccccc2)CCCC1. The number of rotatable bonds is 6.